The van der Waals surface area contributed by atoms with Gasteiger partial charge >= 0.3 is 0 Å². The third-order valence-electron chi connectivity index (χ3n) is 2.80. The number of halogens is 1. The van der Waals surface area contributed by atoms with Crippen molar-refractivity contribution < 1.29 is 4.74 Å². The highest BCUT2D eigenvalue weighted by Gasteiger charge is 2.08. The summed E-state index contributed by atoms with van der Waals surface area (Å²) in [5.41, 5.74) is 3.10. The van der Waals surface area contributed by atoms with Crippen molar-refractivity contribution in [3.8, 4) is 11.5 Å². The molecule has 3 nitrogen and oxygen atoms in total. The summed E-state index contributed by atoms with van der Waals surface area (Å²) < 4.78 is 7.08. The topological polar surface area (TPSA) is 34.2 Å². The van der Waals surface area contributed by atoms with Crippen LogP contribution in [-0.2, 0) is 6.54 Å². The molecule has 0 fully saturated rings. The van der Waals surface area contributed by atoms with Gasteiger partial charge in [-0.3, -0.25) is 4.98 Å². The molecule has 1 aromatic heterocycles. The lowest BCUT2D eigenvalue weighted by atomic mass is 10.2. The van der Waals surface area contributed by atoms with Crippen LogP contribution >= 0.6 is 15.9 Å². The average molecular weight is 321 g/mol. The van der Waals surface area contributed by atoms with Crippen LogP contribution in [0.15, 0.2) is 34.9 Å². The van der Waals surface area contributed by atoms with E-state index in [0.29, 0.717) is 0 Å². The molecule has 1 aromatic carbocycles. The molecule has 2 rings (SSSR count). The number of hydrogen-bond acceptors (Lipinski definition) is 3. The quantitative estimate of drug-likeness (QED) is 0.925. The first-order valence-corrected chi connectivity index (χ1v) is 6.93. The summed E-state index contributed by atoms with van der Waals surface area (Å²) >= 11 is 3.46. The maximum atomic E-state index is 6.03. The SMILES string of the molecule is CNCc1cnc(C)cc1Oc1ccc(Br)cc1C. The second-order valence-corrected chi connectivity index (χ2v) is 5.39. The van der Waals surface area contributed by atoms with E-state index in [1.54, 1.807) is 0 Å². The van der Waals surface area contributed by atoms with Crippen molar-refractivity contribution in [2.24, 2.45) is 0 Å². The summed E-state index contributed by atoms with van der Waals surface area (Å²) in [6.45, 7) is 4.73. The number of nitrogens with one attached hydrogen (secondary N) is 1. The molecule has 2 aromatic rings. The van der Waals surface area contributed by atoms with Gasteiger partial charge in [0.15, 0.2) is 0 Å². The number of benzene rings is 1. The molecule has 0 atom stereocenters. The molecule has 0 amide bonds. The van der Waals surface area contributed by atoms with Crippen LogP contribution in [-0.4, -0.2) is 12.0 Å². The highest BCUT2D eigenvalue weighted by molar-refractivity contribution is 9.10. The van der Waals surface area contributed by atoms with Crippen LogP contribution < -0.4 is 10.1 Å². The van der Waals surface area contributed by atoms with Gasteiger partial charge in [0.2, 0.25) is 0 Å². The minimum Gasteiger partial charge on any atom is -0.457 e. The minimum atomic E-state index is 0.734. The summed E-state index contributed by atoms with van der Waals surface area (Å²) in [5.74, 6) is 1.72. The first kappa shape index (κ1) is 14.0. The number of nitrogens with zero attached hydrogens (tertiary/aromatic N) is 1. The van der Waals surface area contributed by atoms with E-state index >= 15 is 0 Å². The Bertz CT molecular complexity index is 584. The van der Waals surface area contributed by atoms with E-state index in [9.17, 15) is 0 Å². The van der Waals surface area contributed by atoms with Gasteiger partial charge in [-0.15, -0.1) is 0 Å². The first-order valence-electron chi connectivity index (χ1n) is 6.14. The molecule has 0 unspecified atom stereocenters. The Kier molecular flexibility index (Phi) is 4.56. The molecule has 1 heterocycles. The molecule has 0 saturated heterocycles. The molecule has 19 heavy (non-hydrogen) atoms. The maximum absolute atomic E-state index is 6.03. The predicted molar refractivity (Wildman–Crippen MR) is 80.7 cm³/mol. The smallest absolute Gasteiger partial charge is 0.135 e. The summed E-state index contributed by atoms with van der Waals surface area (Å²) in [4.78, 5) is 4.31. The maximum Gasteiger partial charge on any atom is 0.135 e. The summed E-state index contributed by atoms with van der Waals surface area (Å²) in [6, 6.07) is 7.96. The van der Waals surface area contributed by atoms with Crippen LogP contribution in [0, 0.1) is 13.8 Å². The number of aromatic nitrogens is 1. The molecule has 1 N–H and O–H groups in total. The van der Waals surface area contributed by atoms with E-state index in [1.807, 2.05) is 51.4 Å². The number of aryl methyl sites for hydroxylation is 2. The van der Waals surface area contributed by atoms with Gasteiger partial charge in [0.25, 0.3) is 0 Å². The normalized spacial score (nSPS) is 10.5. The van der Waals surface area contributed by atoms with Gasteiger partial charge < -0.3 is 10.1 Å². The Balaban J connectivity index is 2.33. The molecular formula is C15H17BrN2O. The monoisotopic (exact) mass is 320 g/mol. The van der Waals surface area contributed by atoms with Crippen molar-refractivity contribution in [1.82, 2.24) is 10.3 Å². The van der Waals surface area contributed by atoms with Gasteiger partial charge in [-0.2, -0.15) is 0 Å². The molecule has 0 bridgehead atoms. The van der Waals surface area contributed by atoms with E-state index in [4.69, 9.17) is 4.74 Å². The van der Waals surface area contributed by atoms with Crippen molar-refractivity contribution in [2.75, 3.05) is 7.05 Å². The van der Waals surface area contributed by atoms with E-state index in [2.05, 4.69) is 26.2 Å². The summed E-state index contributed by atoms with van der Waals surface area (Å²) in [6.07, 6.45) is 1.86. The lowest BCUT2D eigenvalue weighted by Crippen LogP contribution is -2.07. The van der Waals surface area contributed by atoms with Crippen LogP contribution in [0.3, 0.4) is 0 Å². The molecule has 0 radical (unpaired) electrons. The van der Waals surface area contributed by atoms with Gasteiger partial charge in [0, 0.05) is 34.5 Å². The number of ether oxygens (including phenoxy) is 1. The molecule has 0 spiro atoms. The van der Waals surface area contributed by atoms with Gasteiger partial charge in [-0.05, 0) is 44.7 Å². The highest BCUT2D eigenvalue weighted by atomic mass is 79.9. The largest absolute Gasteiger partial charge is 0.457 e. The number of rotatable bonds is 4. The Morgan fingerprint density at radius 3 is 2.68 bits per heavy atom. The van der Waals surface area contributed by atoms with Crippen molar-refractivity contribution in [3.63, 3.8) is 0 Å². The van der Waals surface area contributed by atoms with Crippen molar-refractivity contribution in [3.05, 3.63) is 51.8 Å². The second kappa shape index (κ2) is 6.17. The summed E-state index contributed by atoms with van der Waals surface area (Å²) in [7, 11) is 1.91. The van der Waals surface area contributed by atoms with Gasteiger partial charge in [-0.1, -0.05) is 15.9 Å². The van der Waals surface area contributed by atoms with E-state index < -0.39 is 0 Å². The fraction of sp³-hybridized carbons (Fsp3) is 0.267. The third-order valence-corrected chi connectivity index (χ3v) is 3.30. The Hall–Kier alpha value is -1.39. The predicted octanol–water partition coefficient (Wildman–Crippen LogP) is 3.97. The Morgan fingerprint density at radius 1 is 1.21 bits per heavy atom. The zero-order chi connectivity index (χ0) is 13.8. The van der Waals surface area contributed by atoms with Crippen LogP contribution in [0.5, 0.6) is 11.5 Å². The van der Waals surface area contributed by atoms with Gasteiger partial charge in [-0.25, -0.2) is 0 Å². The molecule has 100 valence electrons. The minimum absolute atomic E-state index is 0.734. The van der Waals surface area contributed by atoms with E-state index in [-0.39, 0.29) is 0 Å². The second-order valence-electron chi connectivity index (χ2n) is 4.48. The molecule has 0 aliphatic carbocycles. The summed E-state index contributed by atoms with van der Waals surface area (Å²) in [5, 5.41) is 3.13. The molecular weight excluding hydrogens is 304 g/mol. The first-order chi connectivity index (χ1) is 9.10. The fourth-order valence-electron chi connectivity index (χ4n) is 1.83. The van der Waals surface area contributed by atoms with Crippen molar-refractivity contribution >= 4 is 15.9 Å². The van der Waals surface area contributed by atoms with Gasteiger partial charge in [0.1, 0.15) is 11.5 Å². The molecule has 4 heteroatoms. The van der Waals surface area contributed by atoms with E-state index in [1.165, 1.54) is 0 Å². The molecule has 0 aliphatic heterocycles. The average Bonchev–Trinajstić information content (AvgIpc) is 2.36. The van der Waals surface area contributed by atoms with Crippen LogP contribution in [0.1, 0.15) is 16.8 Å². The fourth-order valence-corrected chi connectivity index (χ4v) is 2.30. The van der Waals surface area contributed by atoms with Crippen LogP contribution in [0.4, 0.5) is 0 Å². The number of hydrogen-bond donors (Lipinski definition) is 1. The highest BCUT2D eigenvalue weighted by Crippen LogP contribution is 2.29. The van der Waals surface area contributed by atoms with Crippen molar-refractivity contribution in [2.45, 2.75) is 20.4 Å². The molecule has 0 aliphatic rings. The Labute approximate surface area is 122 Å². The lowest BCUT2D eigenvalue weighted by molar-refractivity contribution is 0.469. The Morgan fingerprint density at radius 2 is 2.00 bits per heavy atom. The van der Waals surface area contributed by atoms with E-state index in [0.717, 1.165) is 39.3 Å². The van der Waals surface area contributed by atoms with Crippen molar-refractivity contribution in [1.29, 1.82) is 0 Å². The zero-order valence-corrected chi connectivity index (χ0v) is 12.9. The standard InChI is InChI=1S/C15H17BrN2O/c1-10-6-13(16)4-5-14(10)19-15-7-11(2)18-9-12(15)8-17-3/h4-7,9,17H,8H2,1-3H3. The van der Waals surface area contributed by atoms with Crippen LogP contribution in [0.2, 0.25) is 0 Å². The third kappa shape index (κ3) is 3.55. The van der Waals surface area contributed by atoms with Gasteiger partial charge in [0.05, 0.1) is 0 Å². The number of pyridine rings is 1. The lowest BCUT2D eigenvalue weighted by Gasteiger charge is -2.13. The molecule has 0 saturated carbocycles. The zero-order valence-electron chi connectivity index (χ0n) is 11.3. The van der Waals surface area contributed by atoms with Crippen LogP contribution in [0.25, 0.3) is 0 Å².